The van der Waals surface area contributed by atoms with Gasteiger partial charge in [0.05, 0.1) is 26.2 Å². The van der Waals surface area contributed by atoms with Crippen molar-refractivity contribution in [2.24, 2.45) is 9.98 Å². The molecule has 3 aromatic rings. The van der Waals surface area contributed by atoms with Gasteiger partial charge in [-0.3, -0.25) is 30.2 Å². The van der Waals surface area contributed by atoms with E-state index in [4.69, 9.17) is 11.6 Å². The van der Waals surface area contributed by atoms with Gasteiger partial charge in [0, 0.05) is 36.7 Å². The van der Waals surface area contributed by atoms with Crippen LogP contribution in [0, 0.1) is 20.2 Å². The van der Waals surface area contributed by atoms with Gasteiger partial charge in [-0.1, -0.05) is 35.9 Å². The molecular weight excluding hydrogens is 396 g/mol. The van der Waals surface area contributed by atoms with Gasteiger partial charge in [-0.25, -0.2) is 0 Å². The molecule has 3 rings (SSSR count). The van der Waals surface area contributed by atoms with E-state index in [9.17, 15) is 20.2 Å². The molecule has 0 aliphatic rings. The summed E-state index contributed by atoms with van der Waals surface area (Å²) in [7, 11) is 0. The van der Waals surface area contributed by atoms with Crippen LogP contribution in [0.5, 0.6) is 0 Å². The van der Waals surface area contributed by atoms with Gasteiger partial charge in [0.2, 0.25) is 0 Å². The molecule has 0 aliphatic heterocycles. The predicted molar refractivity (Wildman–Crippen MR) is 112 cm³/mol. The van der Waals surface area contributed by atoms with Gasteiger partial charge in [-0.05, 0) is 29.3 Å². The minimum Gasteiger partial charge on any atom is -0.258 e. The van der Waals surface area contributed by atoms with Crippen molar-refractivity contribution in [3.63, 3.8) is 0 Å². The second kappa shape index (κ2) is 8.85. The highest BCUT2D eigenvalue weighted by atomic mass is 35.5. The third-order valence-corrected chi connectivity index (χ3v) is 4.11. The number of hydrogen-bond donors (Lipinski definition) is 0. The van der Waals surface area contributed by atoms with E-state index in [1.807, 2.05) is 0 Å². The molecule has 0 saturated heterocycles. The summed E-state index contributed by atoms with van der Waals surface area (Å²) in [6.07, 6.45) is 2.99. The quantitative estimate of drug-likeness (QED) is 0.297. The summed E-state index contributed by atoms with van der Waals surface area (Å²) >= 11 is 6.24. The first-order valence-electron chi connectivity index (χ1n) is 8.29. The van der Waals surface area contributed by atoms with Crippen molar-refractivity contribution in [2.75, 3.05) is 0 Å². The summed E-state index contributed by atoms with van der Waals surface area (Å²) in [5, 5.41) is 22.0. The van der Waals surface area contributed by atoms with Crippen molar-refractivity contribution in [3.8, 4) is 0 Å². The van der Waals surface area contributed by atoms with Gasteiger partial charge < -0.3 is 0 Å². The van der Waals surface area contributed by atoms with E-state index in [2.05, 4.69) is 9.98 Å². The molecule has 8 nitrogen and oxygen atoms in total. The third kappa shape index (κ3) is 5.30. The van der Waals surface area contributed by atoms with E-state index in [1.54, 1.807) is 42.5 Å². The standard InChI is InChI=1S/C20H13ClN4O4/c21-19-11-16(22-12-14-3-1-5-17(9-14)24(26)27)7-8-20(19)23-13-15-4-2-6-18(10-15)25(28)29/h1-13H. The molecular formula is C20H13ClN4O4. The topological polar surface area (TPSA) is 111 Å². The van der Waals surface area contributed by atoms with Crippen molar-refractivity contribution < 1.29 is 9.85 Å². The van der Waals surface area contributed by atoms with Crippen LogP contribution in [-0.4, -0.2) is 22.3 Å². The van der Waals surface area contributed by atoms with Gasteiger partial charge in [0.15, 0.2) is 0 Å². The molecule has 9 heteroatoms. The second-order valence-electron chi connectivity index (χ2n) is 5.86. The lowest BCUT2D eigenvalue weighted by molar-refractivity contribution is -0.385. The first-order valence-corrected chi connectivity index (χ1v) is 8.67. The number of non-ortho nitro benzene ring substituents is 2. The van der Waals surface area contributed by atoms with Crippen molar-refractivity contribution >= 4 is 46.8 Å². The summed E-state index contributed by atoms with van der Waals surface area (Å²) in [4.78, 5) is 29.2. The first kappa shape index (κ1) is 19.8. The molecule has 0 amide bonds. The molecule has 0 N–H and O–H groups in total. The van der Waals surface area contributed by atoms with E-state index >= 15 is 0 Å². The fraction of sp³-hybridized carbons (Fsp3) is 0. The molecule has 0 saturated carbocycles. The fourth-order valence-corrected chi connectivity index (χ4v) is 2.63. The van der Waals surface area contributed by atoms with Gasteiger partial charge >= 0.3 is 0 Å². The molecule has 0 fully saturated rings. The maximum atomic E-state index is 10.8. The van der Waals surface area contributed by atoms with E-state index in [0.717, 1.165) is 0 Å². The smallest absolute Gasteiger partial charge is 0.258 e. The van der Waals surface area contributed by atoms with Crippen LogP contribution in [0.1, 0.15) is 11.1 Å². The Balaban J connectivity index is 1.76. The lowest BCUT2D eigenvalue weighted by Gasteiger charge is -2.00. The molecule has 144 valence electrons. The minimum absolute atomic E-state index is 0.0159. The van der Waals surface area contributed by atoms with Gasteiger partial charge in [-0.2, -0.15) is 0 Å². The third-order valence-electron chi connectivity index (χ3n) is 3.81. The molecule has 29 heavy (non-hydrogen) atoms. The molecule has 0 aliphatic carbocycles. The maximum Gasteiger partial charge on any atom is 0.270 e. The van der Waals surface area contributed by atoms with Crippen molar-refractivity contribution in [1.82, 2.24) is 0 Å². The van der Waals surface area contributed by atoms with Gasteiger partial charge in [-0.15, -0.1) is 0 Å². The summed E-state index contributed by atoms with van der Waals surface area (Å²) in [5.74, 6) is 0. The number of benzene rings is 3. The predicted octanol–water partition coefficient (Wildman–Crippen LogP) is 5.66. The Labute approximate surface area is 170 Å². The van der Waals surface area contributed by atoms with E-state index in [1.165, 1.54) is 36.7 Å². The Morgan fingerprint density at radius 3 is 1.83 bits per heavy atom. The largest absolute Gasteiger partial charge is 0.270 e. The molecule has 0 unspecified atom stereocenters. The summed E-state index contributed by atoms with van der Waals surface area (Å²) < 4.78 is 0. The summed E-state index contributed by atoms with van der Waals surface area (Å²) in [6.45, 7) is 0. The first-order chi connectivity index (χ1) is 13.9. The second-order valence-corrected chi connectivity index (χ2v) is 6.26. The molecule has 0 bridgehead atoms. The maximum absolute atomic E-state index is 10.8. The minimum atomic E-state index is -0.474. The van der Waals surface area contributed by atoms with Crippen LogP contribution in [-0.2, 0) is 0 Å². The monoisotopic (exact) mass is 408 g/mol. The number of hydrogen-bond acceptors (Lipinski definition) is 6. The van der Waals surface area contributed by atoms with Crippen LogP contribution in [0.15, 0.2) is 76.7 Å². The molecule has 0 aromatic heterocycles. The molecule has 0 atom stereocenters. The van der Waals surface area contributed by atoms with Crippen LogP contribution in [0.25, 0.3) is 0 Å². The summed E-state index contributed by atoms with van der Waals surface area (Å²) in [6, 6.07) is 17.2. The SMILES string of the molecule is O=[N+]([O-])c1cccc(C=Nc2ccc(N=Cc3cccc([N+](=O)[O-])c3)c(Cl)c2)c1. The zero-order valence-electron chi connectivity index (χ0n) is 14.8. The van der Waals surface area contributed by atoms with Crippen molar-refractivity contribution in [3.05, 3.63) is 103 Å². The number of nitro benzene ring substituents is 2. The summed E-state index contributed by atoms with van der Waals surface area (Å²) in [5.41, 5.74) is 2.15. The lowest BCUT2D eigenvalue weighted by Crippen LogP contribution is -1.89. The highest BCUT2D eigenvalue weighted by Crippen LogP contribution is 2.29. The normalized spacial score (nSPS) is 11.2. The molecule has 0 radical (unpaired) electrons. The van der Waals surface area contributed by atoms with Crippen LogP contribution >= 0.6 is 11.6 Å². The highest BCUT2D eigenvalue weighted by Gasteiger charge is 2.06. The molecule has 3 aromatic carbocycles. The van der Waals surface area contributed by atoms with Crippen molar-refractivity contribution in [1.29, 1.82) is 0 Å². The number of halogens is 1. The van der Waals surface area contributed by atoms with Gasteiger partial charge in [0.1, 0.15) is 0 Å². The fourth-order valence-electron chi connectivity index (χ4n) is 2.41. The van der Waals surface area contributed by atoms with Gasteiger partial charge in [0.25, 0.3) is 11.4 Å². The van der Waals surface area contributed by atoms with Crippen LogP contribution in [0.4, 0.5) is 22.7 Å². The number of nitrogens with zero attached hydrogens (tertiary/aromatic N) is 4. The number of rotatable bonds is 6. The Morgan fingerprint density at radius 2 is 1.31 bits per heavy atom. The Kier molecular flexibility index (Phi) is 6.06. The number of aliphatic imine (C=N–C) groups is 2. The highest BCUT2D eigenvalue weighted by molar-refractivity contribution is 6.33. The number of nitro groups is 2. The molecule has 0 heterocycles. The zero-order valence-corrected chi connectivity index (χ0v) is 15.6. The average molecular weight is 409 g/mol. The van der Waals surface area contributed by atoms with Crippen LogP contribution < -0.4 is 0 Å². The van der Waals surface area contributed by atoms with Crippen molar-refractivity contribution in [2.45, 2.75) is 0 Å². The average Bonchev–Trinajstić information content (AvgIpc) is 2.72. The molecule has 0 spiro atoms. The Hall–Kier alpha value is -3.91. The van der Waals surface area contributed by atoms with E-state index in [0.29, 0.717) is 27.5 Å². The Morgan fingerprint density at radius 1 is 0.759 bits per heavy atom. The van der Waals surface area contributed by atoms with E-state index in [-0.39, 0.29) is 11.4 Å². The lowest BCUT2D eigenvalue weighted by atomic mass is 10.2. The van der Waals surface area contributed by atoms with E-state index < -0.39 is 9.85 Å². The van der Waals surface area contributed by atoms with Crippen LogP contribution in [0.3, 0.4) is 0 Å². The zero-order chi connectivity index (χ0) is 20.8. The Bertz CT molecular complexity index is 1140. The van der Waals surface area contributed by atoms with Crippen LogP contribution in [0.2, 0.25) is 5.02 Å².